The fourth-order valence-corrected chi connectivity index (χ4v) is 3.33. The molecule has 0 aromatic heterocycles. The molecule has 0 aromatic rings. The molecule has 0 radical (unpaired) electrons. The van der Waals surface area contributed by atoms with E-state index in [9.17, 15) is 0 Å². The molecule has 0 bridgehead atoms. The van der Waals surface area contributed by atoms with Crippen LogP contribution in [0.25, 0.3) is 0 Å². The van der Waals surface area contributed by atoms with E-state index in [0.29, 0.717) is 12.1 Å². The zero-order valence-corrected chi connectivity index (χ0v) is 12.2. The molecular formula is C15H29NO2. The van der Waals surface area contributed by atoms with E-state index >= 15 is 0 Å². The van der Waals surface area contributed by atoms with Gasteiger partial charge in [0.05, 0.1) is 12.2 Å². The van der Waals surface area contributed by atoms with Gasteiger partial charge in [-0.15, -0.1) is 0 Å². The molecule has 0 spiro atoms. The Labute approximate surface area is 112 Å². The first-order valence-corrected chi connectivity index (χ1v) is 7.62. The molecule has 3 heteroatoms. The first-order valence-electron chi connectivity index (χ1n) is 7.62. The third kappa shape index (κ3) is 3.46. The van der Waals surface area contributed by atoms with E-state index in [0.717, 1.165) is 31.4 Å². The summed E-state index contributed by atoms with van der Waals surface area (Å²) in [6.07, 6.45) is 7.28. The van der Waals surface area contributed by atoms with Gasteiger partial charge in [0.2, 0.25) is 0 Å². The number of nitrogens with one attached hydrogen (secondary N) is 1. The minimum Gasteiger partial charge on any atom is -0.377 e. The predicted molar refractivity (Wildman–Crippen MR) is 73.7 cm³/mol. The predicted octanol–water partition coefficient (Wildman–Crippen LogP) is 2.59. The van der Waals surface area contributed by atoms with E-state index in [1.807, 2.05) is 0 Å². The van der Waals surface area contributed by atoms with Gasteiger partial charge in [-0.2, -0.15) is 0 Å². The summed E-state index contributed by atoms with van der Waals surface area (Å²) in [7, 11) is 1.80. The molecule has 0 saturated heterocycles. The quantitative estimate of drug-likeness (QED) is 0.791. The van der Waals surface area contributed by atoms with Crippen molar-refractivity contribution in [2.24, 2.45) is 11.8 Å². The van der Waals surface area contributed by atoms with Crippen molar-refractivity contribution in [3.8, 4) is 0 Å². The Bertz CT molecular complexity index is 239. The summed E-state index contributed by atoms with van der Waals surface area (Å²) in [5, 5.41) is 3.69. The summed E-state index contributed by atoms with van der Waals surface area (Å²) < 4.78 is 11.2. The minimum absolute atomic E-state index is 0.257. The molecule has 2 aliphatic rings. The summed E-state index contributed by atoms with van der Waals surface area (Å²) in [5.41, 5.74) is 0. The third-order valence-electron chi connectivity index (χ3n) is 4.71. The Morgan fingerprint density at radius 3 is 2.50 bits per heavy atom. The van der Waals surface area contributed by atoms with Crippen LogP contribution in [0.3, 0.4) is 0 Å². The number of methoxy groups -OCH3 is 1. The highest BCUT2D eigenvalue weighted by Gasteiger charge is 2.41. The first-order chi connectivity index (χ1) is 8.74. The van der Waals surface area contributed by atoms with E-state index in [1.165, 1.54) is 25.7 Å². The van der Waals surface area contributed by atoms with Gasteiger partial charge in [0, 0.05) is 19.8 Å². The van der Waals surface area contributed by atoms with Crippen LogP contribution in [0, 0.1) is 11.8 Å². The van der Waals surface area contributed by atoms with Crippen molar-refractivity contribution >= 4 is 0 Å². The largest absolute Gasteiger partial charge is 0.377 e. The highest BCUT2D eigenvalue weighted by atomic mass is 16.5. The fourth-order valence-electron chi connectivity index (χ4n) is 3.33. The van der Waals surface area contributed by atoms with Gasteiger partial charge in [0.1, 0.15) is 0 Å². The van der Waals surface area contributed by atoms with E-state index < -0.39 is 0 Å². The molecule has 2 saturated carbocycles. The maximum Gasteiger partial charge on any atom is 0.0986 e. The molecule has 3 atom stereocenters. The van der Waals surface area contributed by atoms with Crippen LogP contribution in [0.15, 0.2) is 0 Å². The fraction of sp³-hybridized carbons (Fsp3) is 1.00. The van der Waals surface area contributed by atoms with Gasteiger partial charge in [-0.25, -0.2) is 0 Å². The van der Waals surface area contributed by atoms with E-state index in [4.69, 9.17) is 9.47 Å². The third-order valence-corrected chi connectivity index (χ3v) is 4.71. The second-order valence-electron chi connectivity index (χ2n) is 6.07. The van der Waals surface area contributed by atoms with Crippen molar-refractivity contribution in [1.29, 1.82) is 0 Å². The Hall–Kier alpha value is -0.120. The molecular weight excluding hydrogens is 226 g/mol. The molecule has 0 amide bonds. The molecule has 0 heterocycles. The minimum atomic E-state index is 0.257. The zero-order valence-electron chi connectivity index (χ0n) is 12.2. The molecule has 18 heavy (non-hydrogen) atoms. The summed E-state index contributed by atoms with van der Waals surface area (Å²) in [6.45, 7) is 6.38. The van der Waals surface area contributed by atoms with Crippen LogP contribution >= 0.6 is 0 Å². The van der Waals surface area contributed by atoms with Crippen molar-refractivity contribution < 1.29 is 9.47 Å². The van der Waals surface area contributed by atoms with Gasteiger partial charge in [0.15, 0.2) is 0 Å². The molecule has 2 fully saturated rings. The summed E-state index contributed by atoms with van der Waals surface area (Å²) in [5.74, 6) is 1.82. The summed E-state index contributed by atoms with van der Waals surface area (Å²) in [4.78, 5) is 0. The van der Waals surface area contributed by atoms with Crippen molar-refractivity contribution in [1.82, 2.24) is 5.32 Å². The van der Waals surface area contributed by atoms with Crippen LogP contribution in [-0.2, 0) is 9.47 Å². The van der Waals surface area contributed by atoms with Crippen molar-refractivity contribution in [3.05, 3.63) is 0 Å². The molecule has 3 unspecified atom stereocenters. The maximum atomic E-state index is 5.65. The number of ether oxygens (including phenoxy) is 2. The second kappa shape index (κ2) is 6.88. The van der Waals surface area contributed by atoms with Crippen LogP contribution in [0.1, 0.15) is 46.0 Å². The van der Waals surface area contributed by atoms with Gasteiger partial charge in [-0.1, -0.05) is 19.8 Å². The SMILES string of the molecule is CCOC1CC(NCC2CCC(C)CC2)C1OC. The Morgan fingerprint density at radius 1 is 1.17 bits per heavy atom. The lowest BCUT2D eigenvalue weighted by Gasteiger charge is -2.44. The zero-order chi connectivity index (χ0) is 13.0. The molecule has 3 nitrogen and oxygen atoms in total. The second-order valence-corrected chi connectivity index (χ2v) is 6.07. The van der Waals surface area contributed by atoms with Crippen molar-refractivity contribution in [3.63, 3.8) is 0 Å². The Balaban J connectivity index is 1.65. The van der Waals surface area contributed by atoms with Gasteiger partial charge in [-0.05, 0) is 44.6 Å². The molecule has 0 aliphatic heterocycles. The lowest BCUT2D eigenvalue weighted by Crippen LogP contribution is -2.60. The summed E-state index contributed by atoms with van der Waals surface area (Å²) in [6, 6.07) is 0.505. The van der Waals surface area contributed by atoms with Gasteiger partial charge in [-0.3, -0.25) is 0 Å². The van der Waals surface area contributed by atoms with E-state index in [-0.39, 0.29) is 6.10 Å². The monoisotopic (exact) mass is 255 g/mol. The first kappa shape index (κ1) is 14.3. The van der Waals surface area contributed by atoms with Crippen LogP contribution in [0.4, 0.5) is 0 Å². The molecule has 2 aliphatic carbocycles. The highest BCUT2D eigenvalue weighted by Crippen LogP contribution is 2.30. The van der Waals surface area contributed by atoms with Gasteiger partial charge in [0.25, 0.3) is 0 Å². The topological polar surface area (TPSA) is 30.5 Å². The highest BCUT2D eigenvalue weighted by molar-refractivity contribution is 4.97. The van der Waals surface area contributed by atoms with E-state index in [2.05, 4.69) is 19.2 Å². The maximum absolute atomic E-state index is 5.65. The lowest BCUT2D eigenvalue weighted by molar-refractivity contribution is -0.131. The number of rotatable bonds is 6. The average Bonchev–Trinajstić information content (AvgIpc) is 2.35. The standard InChI is InChI=1S/C15H29NO2/c1-4-18-14-9-13(15(14)17-3)16-10-12-7-5-11(2)6-8-12/h11-16H,4-10H2,1-3H3. The Kier molecular flexibility index (Phi) is 5.46. The summed E-state index contributed by atoms with van der Waals surface area (Å²) >= 11 is 0. The Morgan fingerprint density at radius 2 is 1.89 bits per heavy atom. The van der Waals surface area contributed by atoms with Gasteiger partial charge < -0.3 is 14.8 Å². The average molecular weight is 255 g/mol. The molecule has 2 rings (SSSR count). The molecule has 0 aromatic carbocycles. The smallest absolute Gasteiger partial charge is 0.0986 e. The number of hydrogen-bond acceptors (Lipinski definition) is 3. The number of hydrogen-bond donors (Lipinski definition) is 1. The van der Waals surface area contributed by atoms with Gasteiger partial charge >= 0.3 is 0 Å². The van der Waals surface area contributed by atoms with Crippen molar-refractivity contribution in [2.75, 3.05) is 20.3 Å². The molecule has 106 valence electrons. The van der Waals surface area contributed by atoms with Crippen LogP contribution in [0.5, 0.6) is 0 Å². The van der Waals surface area contributed by atoms with Crippen LogP contribution in [0.2, 0.25) is 0 Å². The normalized spacial score (nSPS) is 40.5. The van der Waals surface area contributed by atoms with Crippen LogP contribution in [-0.4, -0.2) is 38.5 Å². The lowest BCUT2D eigenvalue weighted by atomic mass is 9.81. The molecule has 1 N–H and O–H groups in total. The van der Waals surface area contributed by atoms with Crippen molar-refractivity contribution in [2.45, 2.75) is 64.2 Å². The van der Waals surface area contributed by atoms with Crippen LogP contribution < -0.4 is 5.32 Å². The van der Waals surface area contributed by atoms with E-state index in [1.54, 1.807) is 7.11 Å².